The van der Waals surface area contributed by atoms with Gasteiger partial charge in [-0.05, 0) is 5.92 Å². The fraction of sp³-hybridized carbons (Fsp3) is 0.833. The average Bonchev–Trinajstić information content (AvgIpc) is 2.84. The van der Waals surface area contributed by atoms with Gasteiger partial charge >= 0.3 is 12.0 Å². The van der Waals surface area contributed by atoms with E-state index in [4.69, 9.17) is 4.74 Å². The minimum Gasteiger partial charge on any atom is -0.480 e. The van der Waals surface area contributed by atoms with Gasteiger partial charge in [-0.1, -0.05) is 13.8 Å². The van der Waals surface area contributed by atoms with Crippen molar-refractivity contribution < 1.29 is 19.4 Å². The molecule has 2 heterocycles. The van der Waals surface area contributed by atoms with Gasteiger partial charge in [0.05, 0.1) is 18.6 Å². The summed E-state index contributed by atoms with van der Waals surface area (Å²) < 4.78 is 5.22. The topological polar surface area (TPSA) is 82.1 Å². The first kappa shape index (κ1) is 15.4. The van der Waals surface area contributed by atoms with Crippen LogP contribution in [0.15, 0.2) is 0 Å². The number of carbonyl (C=O) groups excluding carboxylic acids is 1. The van der Waals surface area contributed by atoms with Crippen molar-refractivity contribution in [1.82, 2.24) is 15.3 Å². The second kappa shape index (κ2) is 6.64. The van der Waals surface area contributed by atoms with Crippen molar-refractivity contribution in [1.29, 1.82) is 0 Å². The van der Waals surface area contributed by atoms with E-state index in [1.807, 2.05) is 13.8 Å². The second-order valence-electron chi connectivity index (χ2n) is 5.25. The Labute approximate surface area is 122 Å². The van der Waals surface area contributed by atoms with Crippen molar-refractivity contribution in [3.63, 3.8) is 0 Å². The minimum absolute atomic E-state index is 0.0999. The highest BCUT2D eigenvalue weighted by molar-refractivity contribution is 8.00. The van der Waals surface area contributed by atoms with Gasteiger partial charge in [-0.25, -0.2) is 14.6 Å². The number of hydrogen-bond donors (Lipinski definition) is 2. The summed E-state index contributed by atoms with van der Waals surface area (Å²) in [4.78, 5) is 25.2. The maximum Gasteiger partial charge on any atom is 0.333 e. The standard InChI is InChI=1S/C12H21N3O4S/c1-8(2)10-15(9(7-20-10)11(16)17)12(18)13-14-3-5-19-6-4-14/h8-10H,3-7H2,1-2H3,(H,13,18)(H,16,17). The zero-order chi connectivity index (χ0) is 14.7. The molecule has 7 nitrogen and oxygen atoms in total. The molecule has 0 aromatic rings. The van der Waals surface area contributed by atoms with Crippen LogP contribution in [0.3, 0.4) is 0 Å². The number of rotatable bonds is 3. The largest absolute Gasteiger partial charge is 0.480 e. The summed E-state index contributed by atoms with van der Waals surface area (Å²) in [7, 11) is 0. The van der Waals surface area contributed by atoms with Gasteiger partial charge in [0, 0.05) is 18.8 Å². The quantitative estimate of drug-likeness (QED) is 0.787. The summed E-state index contributed by atoms with van der Waals surface area (Å²) in [6.07, 6.45) is 0. The molecule has 0 aromatic carbocycles. The second-order valence-corrected chi connectivity index (χ2v) is 6.40. The zero-order valence-corrected chi connectivity index (χ0v) is 12.6. The summed E-state index contributed by atoms with van der Waals surface area (Å²) in [5.74, 6) is -0.299. The van der Waals surface area contributed by atoms with Crippen molar-refractivity contribution in [2.45, 2.75) is 25.3 Å². The van der Waals surface area contributed by atoms with Crippen LogP contribution < -0.4 is 5.43 Å². The van der Waals surface area contributed by atoms with Gasteiger partial charge in [0.25, 0.3) is 0 Å². The summed E-state index contributed by atoms with van der Waals surface area (Å²) in [5.41, 5.74) is 2.79. The third-order valence-electron chi connectivity index (χ3n) is 3.39. The number of carbonyl (C=O) groups is 2. The molecular formula is C12H21N3O4S. The Morgan fingerprint density at radius 3 is 2.55 bits per heavy atom. The maximum atomic E-state index is 12.4. The predicted octanol–water partition coefficient (Wildman–Crippen LogP) is 0.427. The van der Waals surface area contributed by atoms with Gasteiger partial charge in [-0.2, -0.15) is 0 Å². The first-order valence-electron chi connectivity index (χ1n) is 6.76. The van der Waals surface area contributed by atoms with Crippen LogP contribution >= 0.6 is 11.8 Å². The normalized spacial score (nSPS) is 27.9. The van der Waals surface area contributed by atoms with Gasteiger partial charge in [0.1, 0.15) is 6.04 Å². The molecule has 2 saturated heterocycles. The van der Waals surface area contributed by atoms with Crippen molar-refractivity contribution in [2.24, 2.45) is 5.92 Å². The van der Waals surface area contributed by atoms with E-state index in [9.17, 15) is 14.7 Å². The van der Waals surface area contributed by atoms with Crippen LogP contribution in [0.4, 0.5) is 4.79 Å². The van der Waals surface area contributed by atoms with Gasteiger partial charge in [-0.15, -0.1) is 11.8 Å². The van der Waals surface area contributed by atoms with E-state index in [0.717, 1.165) is 0 Å². The lowest BCUT2D eigenvalue weighted by atomic mass is 10.2. The molecule has 0 spiro atoms. The molecule has 2 N–H and O–H groups in total. The summed E-state index contributed by atoms with van der Waals surface area (Å²) in [6, 6.07) is -1.09. The number of amides is 2. The number of urea groups is 1. The molecule has 20 heavy (non-hydrogen) atoms. The van der Waals surface area contributed by atoms with Crippen LogP contribution in [0.25, 0.3) is 0 Å². The highest BCUT2D eigenvalue weighted by atomic mass is 32.2. The summed E-state index contributed by atoms with van der Waals surface area (Å²) >= 11 is 1.53. The highest BCUT2D eigenvalue weighted by Gasteiger charge is 2.43. The molecule has 2 rings (SSSR count). The van der Waals surface area contributed by atoms with Crippen LogP contribution in [-0.4, -0.2) is 70.5 Å². The number of morpholine rings is 1. The van der Waals surface area contributed by atoms with E-state index >= 15 is 0 Å². The number of aliphatic carboxylic acids is 1. The van der Waals surface area contributed by atoms with Gasteiger partial charge in [0.15, 0.2) is 0 Å². The average molecular weight is 303 g/mol. The Morgan fingerprint density at radius 2 is 2.00 bits per heavy atom. The van der Waals surface area contributed by atoms with Crippen LogP contribution in [-0.2, 0) is 9.53 Å². The smallest absolute Gasteiger partial charge is 0.333 e. The van der Waals surface area contributed by atoms with Crippen molar-refractivity contribution in [3.05, 3.63) is 0 Å². The molecule has 0 saturated carbocycles. The van der Waals surface area contributed by atoms with Crippen molar-refractivity contribution in [2.75, 3.05) is 32.1 Å². The van der Waals surface area contributed by atoms with E-state index in [1.54, 1.807) is 5.01 Å². The lowest BCUT2D eigenvalue weighted by Gasteiger charge is -2.33. The Hall–Kier alpha value is -0.990. The van der Waals surface area contributed by atoms with E-state index < -0.39 is 12.0 Å². The third kappa shape index (κ3) is 3.36. The summed E-state index contributed by atoms with van der Waals surface area (Å²) in [6.45, 7) is 6.39. The Morgan fingerprint density at radius 1 is 1.35 bits per heavy atom. The molecule has 2 atom stereocenters. The molecule has 0 aromatic heterocycles. The molecule has 0 aliphatic carbocycles. The zero-order valence-electron chi connectivity index (χ0n) is 11.7. The molecule has 0 bridgehead atoms. The van der Waals surface area contributed by atoms with E-state index in [-0.39, 0.29) is 17.3 Å². The molecule has 0 radical (unpaired) electrons. The fourth-order valence-electron chi connectivity index (χ4n) is 2.36. The van der Waals surface area contributed by atoms with Crippen LogP contribution in [0.5, 0.6) is 0 Å². The lowest BCUT2D eigenvalue weighted by Crippen LogP contribution is -2.57. The number of nitrogens with zero attached hydrogens (tertiary/aromatic N) is 2. The molecule has 2 aliphatic heterocycles. The summed E-state index contributed by atoms with van der Waals surface area (Å²) in [5, 5.41) is 11.0. The molecular weight excluding hydrogens is 282 g/mol. The molecule has 8 heteroatoms. The number of thioether (sulfide) groups is 1. The third-order valence-corrected chi connectivity index (χ3v) is 5.01. The Kier molecular flexibility index (Phi) is 5.11. The number of hydrogen-bond acceptors (Lipinski definition) is 5. The van der Waals surface area contributed by atoms with E-state index in [1.165, 1.54) is 16.7 Å². The molecule has 2 unspecified atom stereocenters. The number of carboxylic acids is 1. The number of carboxylic acid groups (broad SMARTS) is 1. The lowest BCUT2D eigenvalue weighted by molar-refractivity contribution is -0.141. The maximum absolute atomic E-state index is 12.4. The van der Waals surface area contributed by atoms with Gasteiger partial charge < -0.3 is 9.84 Å². The van der Waals surface area contributed by atoms with Crippen LogP contribution in [0, 0.1) is 5.92 Å². The fourth-order valence-corrected chi connectivity index (χ4v) is 3.83. The van der Waals surface area contributed by atoms with E-state index in [2.05, 4.69) is 5.43 Å². The number of ether oxygens (including phenoxy) is 1. The molecule has 2 aliphatic rings. The monoisotopic (exact) mass is 303 g/mol. The number of nitrogens with one attached hydrogen (secondary N) is 1. The van der Waals surface area contributed by atoms with Crippen LogP contribution in [0.2, 0.25) is 0 Å². The first-order valence-corrected chi connectivity index (χ1v) is 7.81. The Bertz CT molecular complexity index is 374. The predicted molar refractivity (Wildman–Crippen MR) is 75.3 cm³/mol. The number of hydrazine groups is 1. The first-order chi connectivity index (χ1) is 9.50. The van der Waals surface area contributed by atoms with E-state index in [0.29, 0.717) is 32.1 Å². The SMILES string of the molecule is CC(C)C1SCC(C(=O)O)N1C(=O)NN1CCOCC1. The Balaban J connectivity index is 2.04. The highest BCUT2D eigenvalue weighted by Crippen LogP contribution is 2.34. The van der Waals surface area contributed by atoms with Crippen molar-refractivity contribution in [3.8, 4) is 0 Å². The van der Waals surface area contributed by atoms with Crippen LogP contribution in [0.1, 0.15) is 13.8 Å². The van der Waals surface area contributed by atoms with Gasteiger partial charge in [-0.3, -0.25) is 10.3 Å². The van der Waals surface area contributed by atoms with Crippen molar-refractivity contribution >= 4 is 23.8 Å². The molecule has 114 valence electrons. The minimum atomic E-state index is -0.947. The molecule has 2 amide bonds. The molecule has 2 fully saturated rings. The van der Waals surface area contributed by atoms with Gasteiger partial charge in [0.2, 0.25) is 0 Å².